The summed E-state index contributed by atoms with van der Waals surface area (Å²) in [5.41, 5.74) is -0.439. The fourth-order valence-electron chi connectivity index (χ4n) is 2.86. The molecule has 4 aromatic rings. The zero-order valence-corrected chi connectivity index (χ0v) is 14.4. The summed E-state index contributed by atoms with van der Waals surface area (Å²) in [5.74, 6) is -1.25. The first-order valence-electron chi connectivity index (χ1n) is 7.85. The second-order valence-electron chi connectivity index (χ2n) is 5.82. The van der Waals surface area contributed by atoms with Crippen LogP contribution in [0.3, 0.4) is 0 Å². The molecule has 3 heterocycles. The molecule has 0 unspecified atom stereocenters. The predicted molar refractivity (Wildman–Crippen MR) is 98.5 cm³/mol. The number of fused-ring (bicyclic) bond motifs is 2. The summed E-state index contributed by atoms with van der Waals surface area (Å²) < 4.78 is 2.28. The molecule has 4 rings (SSSR count). The lowest BCUT2D eigenvalue weighted by atomic mass is 10.1. The second-order valence-corrected chi connectivity index (χ2v) is 6.26. The Hall–Kier alpha value is -3.52. The van der Waals surface area contributed by atoms with Gasteiger partial charge in [-0.15, -0.1) is 0 Å². The molecule has 134 valence electrons. The molecule has 3 aromatic heterocycles. The van der Waals surface area contributed by atoms with Crippen LogP contribution < -0.4 is 11.1 Å². The molecule has 0 radical (unpaired) electrons. The van der Waals surface area contributed by atoms with Crippen molar-refractivity contribution < 1.29 is 9.90 Å². The minimum absolute atomic E-state index is 0.141. The number of pyridine rings is 1. The molecular formula is C18H11ClN4O4. The smallest absolute Gasteiger partial charge is 0.357 e. The third-order valence-corrected chi connectivity index (χ3v) is 4.28. The lowest BCUT2D eigenvalue weighted by molar-refractivity contribution is 0.0690. The van der Waals surface area contributed by atoms with Gasteiger partial charge in [-0.2, -0.15) is 5.10 Å². The number of carbonyl (C=O) groups is 1. The molecule has 0 bridgehead atoms. The van der Waals surface area contributed by atoms with Gasteiger partial charge in [-0.25, -0.2) is 14.5 Å². The molecule has 0 fully saturated rings. The molecular weight excluding hydrogens is 372 g/mol. The number of aromatic carboxylic acids is 1. The van der Waals surface area contributed by atoms with Crippen LogP contribution >= 0.6 is 11.6 Å². The molecule has 0 atom stereocenters. The third kappa shape index (κ3) is 2.96. The van der Waals surface area contributed by atoms with E-state index in [1.54, 1.807) is 24.3 Å². The van der Waals surface area contributed by atoms with Gasteiger partial charge in [0.15, 0.2) is 5.69 Å². The Morgan fingerprint density at radius 1 is 1.11 bits per heavy atom. The maximum atomic E-state index is 12.7. The zero-order valence-electron chi connectivity index (χ0n) is 13.7. The van der Waals surface area contributed by atoms with Crippen LogP contribution in [0.15, 0.2) is 58.3 Å². The quantitative estimate of drug-likeness (QED) is 0.579. The number of nitrogens with zero attached hydrogens (tertiary/aromatic N) is 4. The molecule has 0 aliphatic rings. The summed E-state index contributed by atoms with van der Waals surface area (Å²) >= 11 is 5.88. The number of carboxylic acid groups (broad SMARTS) is 1. The highest BCUT2D eigenvalue weighted by atomic mass is 35.5. The summed E-state index contributed by atoms with van der Waals surface area (Å²) in [6, 6.07) is 10.8. The van der Waals surface area contributed by atoms with E-state index in [0.717, 1.165) is 4.68 Å². The Bertz CT molecular complexity index is 1340. The van der Waals surface area contributed by atoms with Crippen molar-refractivity contribution >= 4 is 34.0 Å². The van der Waals surface area contributed by atoms with Crippen LogP contribution in [0.5, 0.6) is 0 Å². The first kappa shape index (κ1) is 16.9. The van der Waals surface area contributed by atoms with Crippen molar-refractivity contribution in [3.05, 3.63) is 85.8 Å². The average molecular weight is 383 g/mol. The molecule has 1 N–H and O–H groups in total. The van der Waals surface area contributed by atoms with E-state index in [2.05, 4.69) is 10.1 Å². The average Bonchev–Trinajstić information content (AvgIpc) is 2.64. The van der Waals surface area contributed by atoms with Gasteiger partial charge in [-0.1, -0.05) is 29.8 Å². The van der Waals surface area contributed by atoms with Gasteiger partial charge in [0.2, 0.25) is 0 Å². The highest BCUT2D eigenvalue weighted by Crippen LogP contribution is 2.14. The summed E-state index contributed by atoms with van der Waals surface area (Å²) in [6.07, 6.45) is 1.44. The van der Waals surface area contributed by atoms with Crippen molar-refractivity contribution in [2.45, 2.75) is 6.54 Å². The summed E-state index contributed by atoms with van der Waals surface area (Å²) in [6.45, 7) is -0.141. The number of hydrogen-bond acceptors (Lipinski definition) is 5. The van der Waals surface area contributed by atoms with Crippen LogP contribution in [0.4, 0.5) is 0 Å². The van der Waals surface area contributed by atoms with Crippen LogP contribution in [-0.2, 0) is 6.54 Å². The van der Waals surface area contributed by atoms with Gasteiger partial charge in [0.1, 0.15) is 5.65 Å². The maximum Gasteiger partial charge on any atom is 0.357 e. The largest absolute Gasteiger partial charge is 0.476 e. The SMILES string of the molecule is O=C(O)c1nn(Cc2cc(=O)n3cc(Cl)ccc3n2)c(=O)c2ccccc12. The van der Waals surface area contributed by atoms with Gasteiger partial charge in [0.25, 0.3) is 11.1 Å². The van der Waals surface area contributed by atoms with Crippen molar-refractivity contribution in [2.75, 3.05) is 0 Å². The molecule has 0 aliphatic carbocycles. The summed E-state index contributed by atoms with van der Waals surface area (Å²) in [7, 11) is 0. The minimum Gasteiger partial charge on any atom is -0.476 e. The van der Waals surface area contributed by atoms with E-state index < -0.39 is 11.5 Å². The Kier molecular flexibility index (Phi) is 3.97. The third-order valence-electron chi connectivity index (χ3n) is 4.06. The molecule has 0 saturated carbocycles. The van der Waals surface area contributed by atoms with Crippen molar-refractivity contribution in [3.8, 4) is 0 Å². The van der Waals surface area contributed by atoms with E-state index in [1.165, 1.54) is 28.8 Å². The Morgan fingerprint density at radius 2 is 1.85 bits per heavy atom. The van der Waals surface area contributed by atoms with Crippen molar-refractivity contribution in [2.24, 2.45) is 0 Å². The van der Waals surface area contributed by atoms with Crippen LogP contribution in [0.2, 0.25) is 5.02 Å². The van der Waals surface area contributed by atoms with E-state index in [4.69, 9.17) is 11.6 Å². The van der Waals surface area contributed by atoms with Gasteiger partial charge in [0, 0.05) is 17.6 Å². The molecule has 0 spiro atoms. The lowest BCUT2D eigenvalue weighted by Gasteiger charge is -2.09. The molecule has 27 heavy (non-hydrogen) atoms. The highest BCUT2D eigenvalue weighted by molar-refractivity contribution is 6.30. The first-order valence-corrected chi connectivity index (χ1v) is 8.23. The maximum absolute atomic E-state index is 12.7. The molecule has 1 aromatic carbocycles. The van der Waals surface area contributed by atoms with E-state index in [0.29, 0.717) is 10.7 Å². The number of aromatic nitrogens is 4. The van der Waals surface area contributed by atoms with Gasteiger partial charge in [-0.3, -0.25) is 14.0 Å². The van der Waals surface area contributed by atoms with Gasteiger partial charge >= 0.3 is 5.97 Å². The lowest BCUT2D eigenvalue weighted by Crippen LogP contribution is -2.27. The van der Waals surface area contributed by atoms with Crippen molar-refractivity contribution in [1.29, 1.82) is 0 Å². The Morgan fingerprint density at radius 3 is 2.59 bits per heavy atom. The number of rotatable bonds is 3. The molecule has 8 nitrogen and oxygen atoms in total. The zero-order chi connectivity index (χ0) is 19.1. The van der Waals surface area contributed by atoms with E-state index in [1.807, 2.05) is 0 Å². The summed E-state index contributed by atoms with van der Waals surface area (Å²) in [5, 5.41) is 14.2. The van der Waals surface area contributed by atoms with Gasteiger partial charge in [-0.05, 0) is 18.2 Å². The molecule has 0 amide bonds. The van der Waals surface area contributed by atoms with Crippen molar-refractivity contribution in [1.82, 2.24) is 19.2 Å². The second kappa shape index (κ2) is 6.33. The summed E-state index contributed by atoms with van der Waals surface area (Å²) in [4.78, 5) is 40.8. The predicted octanol–water partition coefficient (Wildman–Crippen LogP) is 1.80. The van der Waals surface area contributed by atoms with Crippen LogP contribution in [0, 0.1) is 0 Å². The molecule has 0 aliphatic heterocycles. The Balaban J connectivity index is 1.89. The van der Waals surface area contributed by atoms with E-state index in [9.17, 15) is 19.5 Å². The monoisotopic (exact) mass is 382 g/mol. The number of benzene rings is 1. The Labute approximate surface area is 155 Å². The van der Waals surface area contributed by atoms with Gasteiger partial charge < -0.3 is 5.11 Å². The van der Waals surface area contributed by atoms with Crippen LogP contribution in [0.25, 0.3) is 16.4 Å². The standard InChI is InChI=1S/C18H11ClN4O4/c19-10-5-6-14-20-11(7-15(24)22(14)8-10)9-23-17(25)13-4-2-1-3-12(13)16(21-23)18(26)27/h1-8H,9H2,(H,26,27). The van der Waals surface area contributed by atoms with E-state index in [-0.39, 0.29) is 34.3 Å². The number of hydrogen-bond donors (Lipinski definition) is 1. The van der Waals surface area contributed by atoms with Crippen LogP contribution in [0.1, 0.15) is 16.2 Å². The van der Waals surface area contributed by atoms with Crippen LogP contribution in [-0.4, -0.2) is 30.2 Å². The highest BCUT2D eigenvalue weighted by Gasteiger charge is 2.16. The normalized spacial score (nSPS) is 11.1. The topological polar surface area (TPSA) is 107 Å². The van der Waals surface area contributed by atoms with Gasteiger partial charge in [0.05, 0.1) is 22.6 Å². The minimum atomic E-state index is -1.25. The van der Waals surface area contributed by atoms with E-state index >= 15 is 0 Å². The number of halogens is 1. The first-order chi connectivity index (χ1) is 12.9. The molecule has 0 saturated heterocycles. The fourth-order valence-corrected chi connectivity index (χ4v) is 3.02. The van der Waals surface area contributed by atoms with Crippen molar-refractivity contribution in [3.63, 3.8) is 0 Å². The number of carboxylic acids is 1. The molecule has 9 heteroatoms. The fraction of sp³-hybridized carbons (Fsp3) is 0.0556.